The maximum absolute atomic E-state index is 12.5. The van der Waals surface area contributed by atoms with Crippen LogP contribution >= 0.6 is 0 Å². The average molecular weight is 304 g/mol. The Morgan fingerprint density at radius 3 is 2.55 bits per heavy atom. The molecule has 1 aliphatic heterocycles. The van der Waals surface area contributed by atoms with E-state index in [1.165, 1.54) is 6.42 Å². The standard InChI is InChI=1S/C16H24N4O2/c1-19(11-14-17-7-8-18-14)15(21)13-5-9-20(10-6-13)16(22)12-3-2-4-12/h7-8,12-13H,2-6,9-11H2,1H3,(H,17,18). The van der Waals surface area contributed by atoms with E-state index >= 15 is 0 Å². The number of H-pyrrole nitrogens is 1. The zero-order chi connectivity index (χ0) is 15.5. The molecule has 0 radical (unpaired) electrons. The SMILES string of the molecule is CN(Cc1ncc[nH]1)C(=O)C1CCN(C(=O)C2CCC2)CC1. The third kappa shape index (κ3) is 3.15. The molecule has 6 nitrogen and oxygen atoms in total. The second-order valence-electron chi connectivity index (χ2n) is 6.46. The van der Waals surface area contributed by atoms with E-state index in [0.717, 1.165) is 44.6 Å². The molecule has 0 aromatic carbocycles. The number of rotatable bonds is 4. The molecule has 2 aliphatic rings. The van der Waals surface area contributed by atoms with Crippen LogP contribution < -0.4 is 0 Å². The molecule has 1 saturated carbocycles. The number of nitrogens with zero attached hydrogens (tertiary/aromatic N) is 3. The highest BCUT2D eigenvalue weighted by atomic mass is 16.2. The van der Waals surface area contributed by atoms with E-state index in [1.807, 2.05) is 11.9 Å². The summed E-state index contributed by atoms with van der Waals surface area (Å²) in [5.74, 6) is 1.56. The van der Waals surface area contributed by atoms with Crippen LogP contribution in [0.1, 0.15) is 37.9 Å². The third-order valence-electron chi connectivity index (χ3n) is 4.93. The molecule has 120 valence electrons. The summed E-state index contributed by atoms with van der Waals surface area (Å²) in [5.41, 5.74) is 0. The first-order valence-corrected chi connectivity index (χ1v) is 8.17. The van der Waals surface area contributed by atoms with E-state index < -0.39 is 0 Å². The molecule has 1 aromatic rings. The monoisotopic (exact) mass is 304 g/mol. The number of likely N-dealkylation sites (tertiary alicyclic amines) is 1. The summed E-state index contributed by atoms with van der Waals surface area (Å²) in [6.45, 7) is 1.95. The lowest BCUT2D eigenvalue weighted by molar-refractivity contribution is -0.143. The van der Waals surface area contributed by atoms with Gasteiger partial charge < -0.3 is 14.8 Å². The highest BCUT2D eigenvalue weighted by Crippen LogP contribution is 2.30. The number of imidazole rings is 1. The van der Waals surface area contributed by atoms with Crippen LogP contribution in [0.3, 0.4) is 0 Å². The summed E-state index contributed by atoms with van der Waals surface area (Å²) in [6, 6.07) is 0. The number of aromatic amines is 1. The van der Waals surface area contributed by atoms with Gasteiger partial charge in [-0.3, -0.25) is 9.59 Å². The van der Waals surface area contributed by atoms with Crippen LogP contribution in [0.15, 0.2) is 12.4 Å². The van der Waals surface area contributed by atoms with Gasteiger partial charge in [-0.2, -0.15) is 0 Å². The lowest BCUT2D eigenvalue weighted by Crippen LogP contribution is -2.46. The molecule has 2 heterocycles. The second kappa shape index (κ2) is 6.50. The number of hydrogen-bond donors (Lipinski definition) is 1. The van der Waals surface area contributed by atoms with Crippen molar-refractivity contribution in [3.8, 4) is 0 Å². The number of nitrogens with one attached hydrogen (secondary N) is 1. The molecular weight excluding hydrogens is 280 g/mol. The van der Waals surface area contributed by atoms with E-state index in [1.54, 1.807) is 17.3 Å². The predicted molar refractivity (Wildman–Crippen MR) is 81.7 cm³/mol. The molecule has 1 aliphatic carbocycles. The number of carbonyl (C=O) groups is 2. The number of aromatic nitrogens is 2. The fraction of sp³-hybridized carbons (Fsp3) is 0.688. The topological polar surface area (TPSA) is 69.3 Å². The molecular formula is C16H24N4O2. The van der Waals surface area contributed by atoms with Gasteiger partial charge in [0.1, 0.15) is 5.82 Å². The van der Waals surface area contributed by atoms with Crippen molar-refractivity contribution in [1.29, 1.82) is 0 Å². The number of hydrogen-bond acceptors (Lipinski definition) is 3. The van der Waals surface area contributed by atoms with Crippen molar-refractivity contribution >= 4 is 11.8 Å². The predicted octanol–water partition coefficient (Wildman–Crippen LogP) is 1.41. The minimum Gasteiger partial charge on any atom is -0.347 e. The van der Waals surface area contributed by atoms with Gasteiger partial charge in [-0.15, -0.1) is 0 Å². The molecule has 1 aromatic heterocycles. The van der Waals surface area contributed by atoms with Gasteiger partial charge in [0.05, 0.1) is 6.54 Å². The van der Waals surface area contributed by atoms with Crippen molar-refractivity contribution in [3.05, 3.63) is 18.2 Å². The first kappa shape index (κ1) is 15.1. The first-order chi connectivity index (χ1) is 10.6. The normalized spacial score (nSPS) is 19.8. The third-order valence-corrected chi connectivity index (χ3v) is 4.93. The Bertz CT molecular complexity index is 516. The van der Waals surface area contributed by atoms with Gasteiger partial charge in [0.15, 0.2) is 0 Å². The maximum atomic E-state index is 12.5. The number of carbonyl (C=O) groups excluding carboxylic acids is 2. The molecule has 22 heavy (non-hydrogen) atoms. The lowest BCUT2D eigenvalue weighted by atomic mass is 9.83. The van der Waals surface area contributed by atoms with Crippen LogP contribution in [0, 0.1) is 11.8 Å². The van der Waals surface area contributed by atoms with Crippen molar-refractivity contribution in [2.24, 2.45) is 11.8 Å². The van der Waals surface area contributed by atoms with Gasteiger partial charge in [0, 0.05) is 44.4 Å². The summed E-state index contributed by atoms with van der Waals surface area (Å²) in [5, 5.41) is 0. The molecule has 2 amide bonds. The van der Waals surface area contributed by atoms with Gasteiger partial charge in [0.2, 0.25) is 11.8 Å². The van der Waals surface area contributed by atoms with Gasteiger partial charge in [-0.25, -0.2) is 4.98 Å². The summed E-state index contributed by atoms with van der Waals surface area (Å²) in [6.07, 6.45) is 8.28. The van der Waals surface area contributed by atoms with Crippen LogP contribution in [0.4, 0.5) is 0 Å². The molecule has 0 bridgehead atoms. The Morgan fingerprint density at radius 2 is 2.00 bits per heavy atom. The van der Waals surface area contributed by atoms with Crippen LogP contribution in [0.25, 0.3) is 0 Å². The molecule has 2 fully saturated rings. The Hall–Kier alpha value is -1.85. The van der Waals surface area contributed by atoms with E-state index in [-0.39, 0.29) is 17.7 Å². The molecule has 0 spiro atoms. The minimum absolute atomic E-state index is 0.0328. The Kier molecular flexibility index (Phi) is 4.45. The average Bonchev–Trinajstić information content (AvgIpc) is 2.97. The van der Waals surface area contributed by atoms with Crippen molar-refractivity contribution in [3.63, 3.8) is 0 Å². The van der Waals surface area contributed by atoms with Crippen molar-refractivity contribution in [2.75, 3.05) is 20.1 Å². The zero-order valence-electron chi connectivity index (χ0n) is 13.1. The zero-order valence-corrected chi connectivity index (χ0v) is 13.1. The van der Waals surface area contributed by atoms with E-state index in [9.17, 15) is 9.59 Å². The van der Waals surface area contributed by atoms with Crippen LogP contribution in [0.5, 0.6) is 0 Å². The largest absolute Gasteiger partial charge is 0.347 e. The van der Waals surface area contributed by atoms with E-state index in [4.69, 9.17) is 0 Å². The number of piperidine rings is 1. The summed E-state index contributed by atoms with van der Waals surface area (Å²) < 4.78 is 0. The quantitative estimate of drug-likeness (QED) is 0.914. The number of amides is 2. The lowest BCUT2D eigenvalue weighted by Gasteiger charge is -2.37. The van der Waals surface area contributed by atoms with Crippen LogP contribution in [-0.2, 0) is 16.1 Å². The molecule has 3 rings (SSSR count). The van der Waals surface area contributed by atoms with Crippen molar-refractivity contribution < 1.29 is 9.59 Å². The van der Waals surface area contributed by atoms with Crippen molar-refractivity contribution in [2.45, 2.75) is 38.6 Å². The van der Waals surface area contributed by atoms with Gasteiger partial charge in [-0.05, 0) is 25.7 Å². The van der Waals surface area contributed by atoms with E-state index in [2.05, 4.69) is 9.97 Å². The molecule has 6 heteroatoms. The van der Waals surface area contributed by atoms with E-state index in [0.29, 0.717) is 12.5 Å². The Balaban J connectivity index is 1.47. The first-order valence-electron chi connectivity index (χ1n) is 8.17. The minimum atomic E-state index is 0.0328. The second-order valence-corrected chi connectivity index (χ2v) is 6.46. The summed E-state index contributed by atoms with van der Waals surface area (Å²) in [7, 11) is 1.82. The molecule has 1 saturated heterocycles. The van der Waals surface area contributed by atoms with Gasteiger partial charge >= 0.3 is 0 Å². The smallest absolute Gasteiger partial charge is 0.225 e. The van der Waals surface area contributed by atoms with Crippen LogP contribution in [0.2, 0.25) is 0 Å². The van der Waals surface area contributed by atoms with Crippen LogP contribution in [-0.4, -0.2) is 51.7 Å². The Morgan fingerprint density at radius 1 is 1.27 bits per heavy atom. The maximum Gasteiger partial charge on any atom is 0.225 e. The molecule has 0 atom stereocenters. The summed E-state index contributed by atoms with van der Waals surface area (Å²) in [4.78, 5) is 35.6. The molecule has 0 unspecified atom stereocenters. The molecule has 1 N–H and O–H groups in total. The van der Waals surface area contributed by atoms with Gasteiger partial charge in [-0.1, -0.05) is 6.42 Å². The highest BCUT2D eigenvalue weighted by molar-refractivity contribution is 5.81. The van der Waals surface area contributed by atoms with Gasteiger partial charge in [0.25, 0.3) is 0 Å². The van der Waals surface area contributed by atoms with Crippen molar-refractivity contribution in [1.82, 2.24) is 19.8 Å². The highest BCUT2D eigenvalue weighted by Gasteiger charge is 2.33. The Labute approximate surface area is 130 Å². The summed E-state index contributed by atoms with van der Waals surface area (Å²) >= 11 is 0. The fourth-order valence-electron chi connectivity index (χ4n) is 3.26. The fourth-order valence-corrected chi connectivity index (χ4v) is 3.26.